The number of hydrogen-bond donors (Lipinski definition) is 1. The van der Waals surface area contributed by atoms with E-state index < -0.39 is 0 Å². The van der Waals surface area contributed by atoms with Crippen molar-refractivity contribution in [1.29, 1.82) is 0 Å². The Kier molecular flexibility index (Phi) is 7.14. The second-order valence-electron chi connectivity index (χ2n) is 6.34. The number of rotatable bonds is 9. The second kappa shape index (κ2) is 10.0. The number of methoxy groups -OCH3 is 1. The summed E-state index contributed by atoms with van der Waals surface area (Å²) in [5.74, 6) is 1.77. The smallest absolute Gasteiger partial charge is 0.120 e. The van der Waals surface area contributed by atoms with E-state index in [9.17, 15) is 0 Å². The van der Waals surface area contributed by atoms with Crippen molar-refractivity contribution in [3.63, 3.8) is 0 Å². The lowest BCUT2D eigenvalue weighted by molar-refractivity contribution is 0.306. The molecule has 3 aromatic rings. The quantitative estimate of drug-likeness (QED) is 0.513. The Morgan fingerprint density at radius 2 is 1.56 bits per heavy atom. The van der Waals surface area contributed by atoms with Gasteiger partial charge < -0.3 is 14.8 Å². The van der Waals surface area contributed by atoms with Gasteiger partial charge in [0, 0.05) is 11.6 Å². The van der Waals surface area contributed by atoms with E-state index in [1.165, 1.54) is 11.1 Å². The van der Waals surface area contributed by atoms with E-state index in [-0.39, 0.29) is 0 Å². The van der Waals surface area contributed by atoms with E-state index in [0.29, 0.717) is 6.61 Å². The molecule has 0 unspecified atom stereocenters. The summed E-state index contributed by atoms with van der Waals surface area (Å²) in [6.07, 6.45) is 0.983. The predicted molar refractivity (Wildman–Crippen MR) is 111 cm³/mol. The van der Waals surface area contributed by atoms with Crippen LogP contribution in [0.15, 0.2) is 72.8 Å². The molecule has 0 aliphatic heterocycles. The summed E-state index contributed by atoms with van der Waals surface area (Å²) in [7, 11) is 1.68. The van der Waals surface area contributed by atoms with Gasteiger partial charge in [-0.3, -0.25) is 0 Å². The third kappa shape index (κ3) is 6.31. The molecule has 3 rings (SSSR count). The molecule has 1 N–H and O–H groups in total. The Morgan fingerprint density at radius 1 is 0.815 bits per heavy atom. The fourth-order valence-electron chi connectivity index (χ4n) is 2.75. The molecule has 27 heavy (non-hydrogen) atoms. The topological polar surface area (TPSA) is 30.5 Å². The molecule has 0 atom stereocenters. The molecule has 0 aromatic heterocycles. The molecule has 3 aromatic carbocycles. The Hall–Kier alpha value is -2.49. The first kappa shape index (κ1) is 19.3. The van der Waals surface area contributed by atoms with Gasteiger partial charge in [0.25, 0.3) is 0 Å². The van der Waals surface area contributed by atoms with Crippen LogP contribution < -0.4 is 14.8 Å². The van der Waals surface area contributed by atoms with Crippen LogP contribution in [0, 0.1) is 0 Å². The molecular weight excluding hydrogens is 358 g/mol. The van der Waals surface area contributed by atoms with Crippen molar-refractivity contribution in [2.45, 2.75) is 19.6 Å². The fraction of sp³-hybridized carbons (Fsp3) is 0.217. The largest absolute Gasteiger partial charge is 0.497 e. The number of ether oxygens (including phenoxy) is 2. The Labute approximate surface area is 165 Å². The zero-order valence-electron chi connectivity index (χ0n) is 15.5. The minimum atomic E-state index is 0.533. The number of hydrogen-bond acceptors (Lipinski definition) is 3. The highest BCUT2D eigenvalue weighted by Crippen LogP contribution is 2.17. The van der Waals surface area contributed by atoms with Gasteiger partial charge in [-0.15, -0.1) is 0 Å². The van der Waals surface area contributed by atoms with Crippen LogP contribution >= 0.6 is 11.6 Å². The molecule has 140 valence electrons. The number of halogens is 1. The van der Waals surface area contributed by atoms with E-state index in [1.54, 1.807) is 7.11 Å². The molecule has 0 amide bonds. The van der Waals surface area contributed by atoms with E-state index in [2.05, 4.69) is 29.6 Å². The maximum atomic E-state index is 5.91. The third-order valence-corrected chi connectivity index (χ3v) is 4.55. The maximum Gasteiger partial charge on any atom is 0.120 e. The molecule has 4 heteroatoms. The van der Waals surface area contributed by atoms with Gasteiger partial charge >= 0.3 is 0 Å². The van der Waals surface area contributed by atoms with Gasteiger partial charge in [0.1, 0.15) is 18.1 Å². The van der Waals surface area contributed by atoms with Crippen LogP contribution in [-0.2, 0) is 19.6 Å². The molecule has 0 fully saturated rings. The summed E-state index contributed by atoms with van der Waals surface area (Å²) in [6.45, 7) is 2.27. The van der Waals surface area contributed by atoms with Crippen LogP contribution in [0.2, 0.25) is 5.02 Å². The SMILES string of the molecule is COc1ccc(CCNCc2cccc(OCc3ccc(Cl)cc3)c2)cc1. The van der Waals surface area contributed by atoms with Gasteiger partial charge in [0.2, 0.25) is 0 Å². The van der Waals surface area contributed by atoms with Gasteiger partial charge in [-0.05, 0) is 66.1 Å². The molecule has 3 nitrogen and oxygen atoms in total. The van der Waals surface area contributed by atoms with Crippen molar-refractivity contribution in [1.82, 2.24) is 5.32 Å². The van der Waals surface area contributed by atoms with Crippen LogP contribution in [0.5, 0.6) is 11.5 Å². The van der Waals surface area contributed by atoms with Crippen molar-refractivity contribution in [3.05, 3.63) is 94.5 Å². The van der Waals surface area contributed by atoms with Gasteiger partial charge in [-0.2, -0.15) is 0 Å². The maximum absolute atomic E-state index is 5.91. The lowest BCUT2D eigenvalue weighted by atomic mass is 10.1. The van der Waals surface area contributed by atoms with E-state index in [0.717, 1.165) is 41.6 Å². The van der Waals surface area contributed by atoms with Gasteiger partial charge in [-0.1, -0.05) is 48.0 Å². The normalized spacial score (nSPS) is 10.6. The summed E-state index contributed by atoms with van der Waals surface area (Å²) >= 11 is 5.91. The lowest BCUT2D eigenvalue weighted by Gasteiger charge is -2.09. The molecule has 0 aliphatic rings. The van der Waals surface area contributed by atoms with Crippen molar-refractivity contribution in [2.75, 3.05) is 13.7 Å². The number of nitrogens with one attached hydrogen (secondary N) is 1. The van der Waals surface area contributed by atoms with Crippen LogP contribution in [0.3, 0.4) is 0 Å². The summed E-state index contributed by atoms with van der Waals surface area (Å²) in [5.41, 5.74) is 3.60. The molecule has 0 aliphatic carbocycles. The first-order chi connectivity index (χ1) is 13.2. The summed E-state index contributed by atoms with van der Waals surface area (Å²) < 4.78 is 11.1. The Morgan fingerprint density at radius 3 is 2.30 bits per heavy atom. The first-order valence-electron chi connectivity index (χ1n) is 9.03. The van der Waals surface area contributed by atoms with E-state index >= 15 is 0 Å². The molecule has 0 saturated carbocycles. The van der Waals surface area contributed by atoms with E-state index in [4.69, 9.17) is 21.1 Å². The molecule has 0 heterocycles. The van der Waals surface area contributed by atoms with Crippen molar-refractivity contribution >= 4 is 11.6 Å². The van der Waals surface area contributed by atoms with Gasteiger partial charge in [-0.25, -0.2) is 0 Å². The van der Waals surface area contributed by atoms with E-state index in [1.807, 2.05) is 48.5 Å². The Balaban J connectivity index is 1.43. The molecule has 0 spiro atoms. The Bertz CT molecular complexity index is 832. The second-order valence-corrected chi connectivity index (χ2v) is 6.77. The lowest BCUT2D eigenvalue weighted by Crippen LogP contribution is -2.16. The van der Waals surface area contributed by atoms with Crippen LogP contribution in [0.25, 0.3) is 0 Å². The van der Waals surface area contributed by atoms with Crippen LogP contribution in [0.1, 0.15) is 16.7 Å². The molecular formula is C23H24ClNO2. The fourth-order valence-corrected chi connectivity index (χ4v) is 2.88. The highest BCUT2D eigenvalue weighted by Gasteiger charge is 2.00. The standard InChI is InChI=1S/C23H24ClNO2/c1-26-22-11-7-18(8-12-22)13-14-25-16-20-3-2-4-23(15-20)27-17-19-5-9-21(24)10-6-19/h2-12,15,25H,13-14,16-17H2,1H3. The molecule has 0 bridgehead atoms. The molecule has 0 saturated heterocycles. The zero-order chi connectivity index (χ0) is 18.9. The third-order valence-electron chi connectivity index (χ3n) is 4.30. The predicted octanol–water partition coefficient (Wildman–Crippen LogP) is 5.26. The summed E-state index contributed by atoms with van der Waals surface area (Å²) in [5, 5.41) is 4.22. The van der Waals surface area contributed by atoms with Gasteiger partial charge in [0.15, 0.2) is 0 Å². The molecule has 0 radical (unpaired) electrons. The minimum Gasteiger partial charge on any atom is -0.497 e. The van der Waals surface area contributed by atoms with Crippen LogP contribution in [-0.4, -0.2) is 13.7 Å². The summed E-state index contributed by atoms with van der Waals surface area (Å²) in [4.78, 5) is 0. The van der Waals surface area contributed by atoms with Crippen molar-refractivity contribution < 1.29 is 9.47 Å². The van der Waals surface area contributed by atoms with Crippen LogP contribution in [0.4, 0.5) is 0 Å². The highest BCUT2D eigenvalue weighted by atomic mass is 35.5. The van der Waals surface area contributed by atoms with Crippen molar-refractivity contribution in [2.24, 2.45) is 0 Å². The average Bonchev–Trinajstić information content (AvgIpc) is 2.71. The van der Waals surface area contributed by atoms with Crippen molar-refractivity contribution in [3.8, 4) is 11.5 Å². The highest BCUT2D eigenvalue weighted by molar-refractivity contribution is 6.30. The van der Waals surface area contributed by atoms with Gasteiger partial charge in [0.05, 0.1) is 7.11 Å². The zero-order valence-corrected chi connectivity index (χ0v) is 16.2. The first-order valence-corrected chi connectivity index (χ1v) is 9.40. The number of benzene rings is 3. The minimum absolute atomic E-state index is 0.533. The average molecular weight is 382 g/mol. The summed E-state index contributed by atoms with van der Waals surface area (Å²) in [6, 6.07) is 24.1. The monoisotopic (exact) mass is 381 g/mol.